The molecule has 2 heterocycles. The van der Waals surface area contributed by atoms with Crippen molar-refractivity contribution < 1.29 is 4.74 Å². The summed E-state index contributed by atoms with van der Waals surface area (Å²) in [5.74, 6) is 0.723. The van der Waals surface area contributed by atoms with E-state index in [4.69, 9.17) is 4.74 Å². The molecule has 0 aliphatic rings. The molecule has 0 amide bonds. The van der Waals surface area contributed by atoms with Crippen molar-refractivity contribution in [3.8, 4) is 5.75 Å². The zero-order chi connectivity index (χ0) is 11.8. The van der Waals surface area contributed by atoms with Crippen LogP contribution in [0.5, 0.6) is 5.75 Å². The summed E-state index contributed by atoms with van der Waals surface area (Å²) < 4.78 is 7.05. The lowest BCUT2D eigenvalue weighted by atomic mass is 10.2. The van der Waals surface area contributed by atoms with Gasteiger partial charge in [-0.1, -0.05) is 6.07 Å². The molecular formula is C13H10N2O2. The van der Waals surface area contributed by atoms with E-state index in [1.165, 1.54) is 0 Å². The van der Waals surface area contributed by atoms with Gasteiger partial charge >= 0.3 is 0 Å². The monoisotopic (exact) mass is 226 g/mol. The lowest BCUT2D eigenvalue weighted by molar-refractivity contribution is 0.415. The quantitative estimate of drug-likeness (QED) is 0.595. The summed E-state index contributed by atoms with van der Waals surface area (Å²) in [7, 11) is 1.60. The Kier molecular flexibility index (Phi) is 2.08. The lowest BCUT2D eigenvalue weighted by Crippen LogP contribution is -2.10. The smallest absolute Gasteiger partial charge is 0.281 e. The van der Waals surface area contributed by atoms with Crippen LogP contribution in [0.3, 0.4) is 0 Å². The topological polar surface area (TPSA) is 43.6 Å². The fourth-order valence-corrected chi connectivity index (χ4v) is 1.91. The number of methoxy groups -OCH3 is 1. The molecule has 0 fully saturated rings. The number of pyridine rings is 1. The molecule has 0 aliphatic heterocycles. The van der Waals surface area contributed by atoms with Crippen molar-refractivity contribution in [3.63, 3.8) is 0 Å². The van der Waals surface area contributed by atoms with Gasteiger partial charge in [-0.2, -0.15) is 4.98 Å². The van der Waals surface area contributed by atoms with Crippen LogP contribution in [0.4, 0.5) is 0 Å². The van der Waals surface area contributed by atoms with E-state index in [2.05, 4.69) is 4.98 Å². The highest BCUT2D eigenvalue weighted by atomic mass is 16.5. The molecule has 17 heavy (non-hydrogen) atoms. The van der Waals surface area contributed by atoms with Crippen LogP contribution >= 0.6 is 0 Å². The average Bonchev–Trinajstić information content (AvgIpc) is 2.38. The Labute approximate surface area is 97.1 Å². The number of hydrogen-bond acceptors (Lipinski definition) is 3. The maximum Gasteiger partial charge on any atom is 0.281 e. The number of nitrogens with zero attached hydrogens (tertiary/aromatic N) is 2. The van der Waals surface area contributed by atoms with Gasteiger partial charge in [0.1, 0.15) is 11.4 Å². The summed E-state index contributed by atoms with van der Waals surface area (Å²) in [6, 6.07) is 10.9. The highest BCUT2D eigenvalue weighted by Crippen LogP contribution is 2.18. The van der Waals surface area contributed by atoms with E-state index < -0.39 is 0 Å². The van der Waals surface area contributed by atoms with Gasteiger partial charge in [-0.25, -0.2) is 0 Å². The van der Waals surface area contributed by atoms with E-state index in [1.807, 2.05) is 28.8 Å². The van der Waals surface area contributed by atoms with Gasteiger partial charge in [-0.15, -0.1) is 0 Å². The Bertz CT molecular complexity index is 762. The Morgan fingerprint density at radius 1 is 1.24 bits per heavy atom. The van der Waals surface area contributed by atoms with Gasteiger partial charge in [0.25, 0.3) is 5.56 Å². The highest BCUT2D eigenvalue weighted by Gasteiger charge is 2.05. The molecule has 0 spiro atoms. The molecule has 4 nitrogen and oxygen atoms in total. The Morgan fingerprint density at radius 3 is 2.94 bits per heavy atom. The first-order chi connectivity index (χ1) is 8.29. The van der Waals surface area contributed by atoms with E-state index >= 15 is 0 Å². The molecule has 0 unspecified atom stereocenters. The SMILES string of the molecule is COc1ccc2c(=O)nc3ccccn3c2c1. The van der Waals surface area contributed by atoms with Crippen molar-refractivity contribution in [1.29, 1.82) is 0 Å². The number of benzene rings is 1. The van der Waals surface area contributed by atoms with Crippen LogP contribution in [0.1, 0.15) is 0 Å². The molecule has 4 heteroatoms. The fraction of sp³-hybridized carbons (Fsp3) is 0.0769. The molecule has 3 rings (SSSR count). The summed E-state index contributed by atoms with van der Waals surface area (Å²) in [6.45, 7) is 0. The first-order valence-electron chi connectivity index (χ1n) is 5.25. The van der Waals surface area contributed by atoms with Crippen LogP contribution in [0.15, 0.2) is 47.4 Å². The average molecular weight is 226 g/mol. The zero-order valence-electron chi connectivity index (χ0n) is 9.25. The molecule has 3 aromatic rings. The van der Waals surface area contributed by atoms with Crippen LogP contribution in [-0.4, -0.2) is 16.5 Å². The van der Waals surface area contributed by atoms with Crippen LogP contribution in [0, 0.1) is 0 Å². The molecule has 2 aromatic heterocycles. The number of aromatic nitrogens is 2. The second kappa shape index (κ2) is 3.59. The van der Waals surface area contributed by atoms with Crippen molar-refractivity contribution in [2.75, 3.05) is 7.11 Å². The van der Waals surface area contributed by atoms with Crippen molar-refractivity contribution in [3.05, 3.63) is 52.9 Å². The third-order valence-electron chi connectivity index (χ3n) is 2.75. The maximum atomic E-state index is 11.8. The van der Waals surface area contributed by atoms with E-state index in [9.17, 15) is 4.79 Å². The molecule has 1 aromatic carbocycles. The third kappa shape index (κ3) is 1.45. The standard InChI is InChI=1S/C13H10N2O2/c1-17-9-5-6-10-11(8-9)15-7-3-2-4-12(15)14-13(10)16/h2-8H,1H3. The molecule has 0 radical (unpaired) electrons. The number of rotatable bonds is 1. The van der Waals surface area contributed by atoms with Crippen LogP contribution < -0.4 is 10.3 Å². The minimum Gasteiger partial charge on any atom is -0.497 e. The van der Waals surface area contributed by atoms with E-state index in [0.717, 1.165) is 11.3 Å². The summed E-state index contributed by atoms with van der Waals surface area (Å²) in [6.07, 6.45) is 1.88. The van der Waals surface area contributed by atoms with Crippen LogP contribution in [-0.2, 0) is 0 Å². The van der Waals surface area contributed by atoms with Gasteiger partial charge in [0.2, 0.25) is 0 Å². The van der Waals surface area contributed by atoms with Gasteiger partial charge in [0.05, 0.1) is 18.0 Å². The van der Waals surface area contributed by atoms with Crippen molar-refractivity contribution in [2.24, 2.45) is 0 Å². The lowest BCUT2D eigenvalue weighted by Gasteiger charge is -2.06. The first kappa shape index (κ1) is 9.84. The van der Waals surface area contributed by atoms with Gasteiger partial charge in [-0.3, -0.25) is 4.79 Å². The molecule has 0 bridgehead atoms. The molecular weight excluding hydrogens is 216 g/mol. The normalized spacial score (nSPS) is 10.9. The third-order valence-corrected chi connectivity index (χ3v) is 2.75. The molecule has 84 valence electrons. The second-order valence-electron chi connectivity index (χ2n) is 3.73. The summed E-state index contributed by atoms with van der Waals surface area (Å²) in [5, 5.41) is 0.592. The molecule has 0 saturated carbocycles. The molecule has 0 aliphatic carbocycles. The Balaban J connectivity index is 2.57. The van der Waals surface area contributed by atoms with Gasteiger partial charge in [-0.05, 0) is 24.3 Å². The fourth-order valence-electron chi connectivity index (χ4n) is 1.91. The molecule has 0 N–H and O–H groups in total. The predicted octanol–water partition coefficient (Wildman–Crippen LogP) is 1.86. The minimum atomic E-state index is -0.214. The molecule has 0 atom stereocenters. The van der Waals surface area contributed by atoms with Gasteiger partial charge in [0, 0.05) is 12.3 Å². The summed E-state index contributed by atoms with van der Waals surface area (Å²) >= 11 is 0. The van der Waals surface area contributed by atoms with Crippen molar-refractivity contribution in [1.82, 2.24) is 9.38 Å². The summed E-state index contributed by atoms with van der Waals surface area (Å²) in [4.78, 5) is 15.9. The number of hydrogen-bond donors (Lipinski definition) is 0. The maximum absolute atomic E-state index is 11.8. The van der Waals surface area contributed by atoms with Crippen LogP contribution in [0.2, 0.25) is 0 Å². The predicted molar refractivity (Wildman–Crippen MR) is 65.5 cm³/mol. The second-order valence-corrected chi connectivity index (χ2v) is 3.73. The van der Waals surface area contributed by atoms with E-state index in [1.54, 1.807) is 25.3 Å². The Hall–Kier alpha value is -2.36. The number of fused-ring (bicyclic) bond motifs is 3. The highest BCUT2D eigenvalue weighted by molar-refractivity contribution is 5.81. The van der Waals surface area contributed by atoms with Crippen molar-refractivity contribution >= 4 is 16.6 Å². The van der Waals surface area contributed by atoms with Gasteiger partial charge in [0.15, 0.2) is 0 Å². The van der Waals surface area contributed by atoms with E-state index in [-0.39, 0.29) is 5.56 Å². The molecule has 0 saturated heterocycles. The largest absolute Gasteiger partial charge is 0.497 e. The number of ether oxygens (including phenoxy) is 1. The zero-order valence-corrected chi connectivity index (χ0v) is 9.25. The van der Waals surface area contributed by atoms with Crippen LogP contribution in [0.25, 0.3) is 16.6 Å². The van der Waals surface area contributed by atoms with E-state index in [0.29, 0.717) is 11.0 Å². The first-order valence-corrected chi connectivity index (χ1v) is 5.25. The van der Waals surface area contributed by atoms with Gasteiger partial charge < -0.3 is 9.14 Å². The minimum absolute atomic E-state index is 0.214. The van der Waals surface area contributed by atoms with Crippen molar-refractivity contribution in [2.45, 2.75) is 0 Å². The Morgan fingerprint density at radius 2 is 2.12 bits per heavy atom. The summed E-state index contributed by atoms with van der Waals surface area (Å²) in [5.41, 5.74) is 1.23.